The van der Waals surface area contributed by atoms with E-state index in [1.807, 2.05) is 0 Å². The highest BCUT2D eigenvalue weighted by atomic mass is 79.9. The summed E-state index contributed by atoms with van der Waals surface area (Å²) in [7, 11) is 0. The summed E-state index contributed by atoms with van der Waals surface area (Å²) in [5.74, 6) is -1.47. The zero-order chi connectivity index (χ0) is 11.6. The van der Waals surface area contributed by atoms with Crippen molar-refractivity contribution in [2.45, 2.75) is 0 Å². The summed E-state index contributed by atoms with van der Waals surface area (Å²) < 4.78 is 0.634. The Morgan fingerprint density at radius 1 is 1.53 bits per heavy atom. The summed E-state index contributed by atoms with van der Waals surface area (Å²) in [5, 5.41) is 19.8. The number of aliphatic hydroxyl groups is 1. The first-order valence-electron chi connectivity index (χ1n) is 3.82. The number of aliphatic hydroxyl groups excluding tert-OH is 1. The molecule has 15 heavy (non-hydrogen) atoms. The van der Waals surface area contributed by atoms with Gasteiger partial charge in [0.25, 0.3) is 0 Å². The Bertz CT molecular complexity index is 445. The van der Waals surface area contributed by atoms with Crippen molar-refractivity contribution in [3.8, 4) is 0 Å². The molecule has 0 atom stereocenters. The minimum Gasteiger partial charge on any atom is -0.501 e. The Labute approximate surface area is 93.5 Å². The van der Waals surface area contributed by atoms with E-state index in [-0.39, 0.29) is 11.3 Å². The van der Waals surface area contributed by atoms with Gasteiger partial charge < -0.3 is 21.0 Å². The molecule has 0 aromatic heterocycles. The molecule has 0 spiro atoms. The number of halogens is 1. The van der Waals surface area contributed by atoms with Crippen LogP contribution in [0.15, 0.2) is 28.5 Å². The average Bonchev–Trinajstić information content (AvgIpc) is 2.19. The summed E-state index contributed by atoms with van der Waals surface area (Å²) in [4.78, 5) is 9.44. The predicted molar refractivity (Wildman–Crippen MR) is 59.3 cm³/mol. The summed E-state index contributed by atoms with van der Waals surface area (Å²) >= 11 is 3.15. The van der Waals surface area contributed by atoms with Crippen LogP contribution in [0.4, 0.5) is 5.69 Å². The monoisotopic (exact) mass is 273 g/mol. The van der Waals surface area contributed by atoms with E-state index in [9.17, 15) is 15.2 Å². The summed E-state index contributed by atoms with van der Waals surface area (Å²) in [6, 6.07) is 4.60. The number of rotatable bonds is 2. The first-order chi connectivity index (χ1) is 6.93. The Morgan fingerprint density at radius 3 is 2.67 bits per heavy atom. The van der Waals surface area contributed by atoms with E-state index in [2.05, 4.69) is 15.9 Å². The summed E-state index contributed by atoms with van der Waals surface area (Å²) in [5.41, 5.74) is 10.9. The zero-order valence-electron chi connectivity index (χ0n) is 7.48. The zero-order valence-corrected chi connectivity index (χ0v) is 9.06. The van der Waals surface area contributed by atoms with E-state index >= 15 is 0 Å². The van der Waals surface area contributed by atoms with E-state index in [4.69, 9.17) is 11.5 Å². The molecule has 0 aliphatic rings. The molecule has 0 heterocycles. The first-order valence-corrected chi connectivity index (χ1v) is 4.61. The van der Waals surface area contributed by atoms with Gasteiger partial charge in [-0.25, -0.2) is 0 Å². The van der Waals surface area contributed by atoms with Crippen molar-refractivity contribution >= 4 is 27.4 Å². The fraction of sp³-hybridized carbons (Fsp3) is 0. The molecule has 6 nitrogen and oxygen atoms in total. The second-order valence-electron chi connectivity index (χ2n) is 2.72. The van der Waals surface area contributed by atoms with Gasteiger partial charge in [0.1, 0.15) is 0 Å². The van der Waals surface area contributed by atoms with Gasteiger partial charge in [-0.1, -0.05) is 15.9 Å². The molecule has 0 saturated heterocycles. The number of nitrogens with zero attached hydrogens (tertiary/aromatic N) is 1. The maximum atomic E-state index is 10.3. The Hall–Kier alpha value is -1.76. The topological polar surface area (TPSA) is 115 Å². The predicted octanol–water partition coefficient (Wildman–Crippen LogP) is 1.45. The van der Waals surface area contributed by atoms with Gasteiger partial charge in [-0.05, 0) is 23.1 Å². The van der Waals surface area contributed by atoms with Crippen LogP contribution in [-0.2, 0) is 0 Å². The fourth-order valence-corrected chi connectivity index (χ4v) is 1.32. The molecule has 0 bridgehead atoms. The average molecular weight is 274 g/mol. The van der Waals surface area contributed by atoms with E-state index in [1.54, 1.807) is 6.07 Å². The lowest BCUT2D eigenvalue weighted by Crippen LogP contribution is -2.12. The largest absolute Gasteiger partial charge is 0.501 e. The maximum Gasteiger partial charge on any atom is 0.356 e. The second kappa shape index (κ2) is 4.18. The van der Waals surface area contributed by atoms with Crippen LogP contribution in [0.2, 0.25) is 0 Å². The number of benzene rings is 1. The van der Waals surface area contributed by atoms with Gasteiger partial charge in [0.05, 0.1) is 0 Å². The summed E-state index contributed by atoms with van der Waals surface area (Å²) in [6.07, 6.45) is 0. The highest BCUT2D eigenvalue weighted by molar-refractivity contribution is 9.10. The van der Waals surface area contributed by atoms with Gasteiger partial charge in [-0.15, -0.1) is 0 Å². The SMILES string of the molecule is N/C(=C(/O)c1cc(Br)ccc1N)[N+](=O)[O-]. The maximum absolute atomic E-state index is 10.3. The van der Waals surface area contributed by atoms with Crippen LogP contribution in [0, 0.1) is 10.1 Å². The molecule has 1 rings (SSSR count). The molecular formula is C8H8BrN3O3. The molecular weight excluding hydrogens is 266 g/mol. The number of hydrogen-bond donors (Lipinski definition) is 3. The molecule has 7 heteroatoms. The Morgan fingerprint density at radius 2 is 2.13 bits per heavy atom. The van der Waals surface area contributed by atoms with Gasteiger partial charge in [0, 0.05) is 15.7 Å². The third kappa shape index (κ3) is 2.38. The third-order valence-electron chi connectivity index (χ3n) is 1.71. The van der Waals surface area contributed by atoms with Crippen molar-refractivity contribution in [3.05, 3.63) is 44.2 Å². The van der Waals surface area contributed by atoms with Crippen LogP contribution in [-0.4, -0.2) is 10.0 Å². The van der Waals surface area contributed by atoms with E-state index < -0.39 is 16.5 Å². The van der Waals surface area contributed by atoms with Gasteiger partial charge in [-0.2, -0.15) is 0 Å². The fourth-order valence-electron chi connectivity index (χ4n) is 0.958. The second-order valence-corrected chi connectivity index (χ2v) is 3.64. The van der Waals surface area contributed by atoms with Crippen LogP contribution in [0.5, 0.6) is 0 Å². The smallest absolute Gasteiger partial charge is 0.356 e. The van der Waals surface area contributed by atoms with Crippen molar-refractivity contribution in [1.29, 1.82) is 0 Å². The molecule has 0 aliphatic carbocycles. The van der Waals surface area contributed by atoms with Gasteiger partial charge in [0.2, 0.25) is 5.76 Å². The molecule has 0 aliphatic heterocycles. The molecule has 80 valence electrons. The molecule has 0 saturated carbocycles. The standard InChI is InChI=1S/C8H8BrN3O3/c9-4-1-2-6(10)5(3-4)7(13)8(11)12(14)15/h1-3,13H,10-11H2/b8-7-. The van der Waals surface area contributed by atoms with E-state index in [0.717, 1.165) is 0 Å². The van der Waals surface area contributed by atoms with Crippen LogP contribution in [0.3, 0.4) is 0 Å². The van der Waals surface area contributed by atoms with Crippen LogP contribution in [0.1, 0.15) is 5.56 Å². The van der Waals surface area contributed by atoms with Crippen molar-refractivity contribution in [1.82, 2.24) is 0 Å². The number of nitrogens with two attached hydrogens (primary N) is 2. The van der Waals surface area contributed by atoms with Crippen molar-refractivity contribution in [3.63, 3.8) is 0 Å². The van der Waals surface area contributed by atoms with Crippen molar-refractivity contribution in [2.24, 2.45) is 5.73 Å². The van der Waals surface area contributed by atoms with Gasteiger partial charge in [-0.3, -0.25) is 5.73 Å². The lowest BCUT2D eigenvalue weighted by Gasteiger charge is -2.05. The van der Waals surface area contributed by atoms with Gasteiger partial charge >= 0.3 is 5.82 Å². The van der Waals surface area contributed by atoms with Crippen LogP contribution < -0.4 is 11.5 Å². The molecule has 1 aromatic carbocycles. The molecule has 0 radical (unpaired) electrons. The normalized spacial score (nSPS) is 12.1. The number of nitro groups is 1. The molecule has 0 unspecified atom stereocenters. The Balaban J connectivity index is 3.33. The molecule has 0 fully saturated rings. The minimum atomic E-state index is -0.879. The lowest BCUT2D eigenvalue weighted by atomic mass is 10.1. The van der Waals surface area contributed by atoms with Crippen molar-refractivity contribution in [2.75, 3.05) is 5.73 Å². The molecule has 1 aromatic rings. The Kier molecular flexibility index (Phi) is 3.15. The van der Waals surface area contributed by atoms with E-state index in [0.29, 0.717) is 4.47 Å². The lowest BCUT2D eigenvalue weighted by molar-refractivity contribution is -0.426. The number of nitrogen functional groups attached to an aromatic ring is 1. The first kappa shape index (κ1) is 11.3. The highest BCUT2D eigenvalue weighted by Crippen LogP contribution is 2.24. The van der Waals surface area contributed by atoms with Crippen LogP contribution in [0.25, 0.3) is 5.76 Å². The molecule has 0 amide bonds. The van der Waals surface area contributed by atoms with Crippen molar-refractivity contribution < 1.29 is 10.0 Å². The number of hydrogen-bond acceptors (Lipinski definition) is 5. The van der Waals surface area contributed by atoms with Crippen LogP contribution >= 0.6 is 15.9 Å². The summed E-state index contributed by atoms with van der Waals surface area (Å²) in [6.45, 7) is 0. The van der Waals surface area contributed by atoms with E-state index in [1.165, 1.54) is 12.1 Å². The highest BCUT2D eigenvalue weighted by Gasteiger charge is 2.15. The minimum absolute atomic E-state index is 0.124. The molecule has 5 N–H and O–H groups in total. The van der Waals surface area contributed by atoms with Gasteiger partial charge in [0.15, 0.2) is 0 Å². The number of anilines is 1. The quantitative estimate of drug-likeness (QED) is 0.326. The third-order valence-corrected chi connectivity index (χ3v) is 2.20.